The lowest BCUT2D eigenvalue weighted by atomic mass is 9.73. The molecule has 8 heteroatoms. The summed E-state index contributed by atoms with van der Waals surface area (Å²) in [5, 5.41) is 5.48. The van der Waals surface area contributed by atoms with Crippen LogP contribution in [0.3, 0.4) is 0 Å². The molecule has 162 valence electrons. The number of aryl methyl sites for hydroxylation is 1. The molecule has 0 bridgehead atoms. The van der Waals surface area contributed by atoms with Gasteiger partial charge in [-0.25, -0.2) is 4.79 Å². The van der Waals surface area contributed by atoms with Gasteiger partial charge in [-0.15, -0.1) is 0 Å². The Morgan fingerprint density at radius 2 is 1.97 bits per heavy atom. The van der Waals surface area contributed by atoms with E-state index in [9.17, 15) is 19.2 Å². The zero-order chi connectivity index (χ0) is 21.9. The van der Waals surface area contributed by atoms with Crippen molar-refractivity contribution in [2.75, 3.05) is 11.9 Å². The molecule has 30 heavy (non-hydrogen) atoms. The molecule has 1 spiro atoms. The largest absolute Gasteiger partial charge is 0.451 e. The Bertz CT molecular complexity index is 838. The van der Waals surface area contributed by atoms with Crippen molar-refractivity contribution in [3.63, 3.8) is 0 Å². The summed E-state index contributed by atoms with van der Waals surface area (Å²) in [4.78, 5) is 50.8. The van der Waals surface area contributed by atoms with Gasteiger partial charge in [0, 0.05) is 5.69 Å². The molecule has 0 radical (unpaired) electrons. The summed E-state index contributed by atoms with van der Waals surface area (Å²) >= 11 is 0. The quantitative estimate of drug-likeness (QED) is 0.549. The van der Waals surface area contributed by atoms with Crippen LogP contribution in [-0.4, -0.2) is 46.9 Å². The average molecular weight is 415 g/mol. The summed E-state index contributed by atoms with van der Waals surface area (Å²) < 4.78 is 5.17. The van der Waals surface area contributed by atoms with Crippen LogP contribution < -0.4 is 10.6 Å². The molecule has 1 aromatic rings. The molecule has 3 atom stereocenters. The molecule has 8 nitrogen and oxygen atoms in total. The minimum absolute atomic E-state index is 0.00696. The molecule has 0 aromatic heterocycles. The normalized spacial score (nSPS) is 24.5. The maximum atomic E-state index is 12.9. The highest BCUT2D eigenvalue weighted by atomic mass is 16.5. The van der Waals surface area contributed by atoms with E-state index >= 15 is 0 Å². The number of anilines is 1. The maximum absolute atomic E-state index is 12.9. The number of urea groups is 1. The van der Waals surface area contributed by atoms with Crippen molar-refractivity contribution in [1.29, 1.82) is 0 Å². The number of nitrogens with zero attached hydrogens (tertiary/aromatic N) is 1. The number of carbonyl (C=O) groups excluding carboxylic acids is 4. The summed E-state index contributed by atoms with van der Waals surface area (Å²) in [6.07, 6.45) is 3.12. The first-order valence-corrected chi connectivity index (χ1v) is 10.5. The first-order chi connectivity index (χ1) is 14.3. The van der Waals surface area contributed by atoms with Gasteiger partial charge in [0.25, 0.3) is 11.8 Å². The van der Waals surface area contributed by atoms with E-state index in [1.165, 1.54) is 6.92 Å². The fourth-order valence-corrected chi connectivity index (χ4v) is 4.12. The highest BCUT2D eigenvalue weighted by Crippen LogP contribution is 2.38. The van der Waals surface area contributed by atoms with Gasteiger partial charge in [-0.1, -0.05) is 38.8 Å². The van der Waals surface area contributed by atoms with E-state index in [0.717, 1.165) is 36.1 Å². The van der Waals surface area contributed by atoms with Crippen molar-refractivity contribution in [2.45, 2.75) is 64.5 Å². The Labute approximate surface area is 176 Å². The molecule has 1 heterocycles. The number of nitrogens with one attached hydrogen (secondary N) is 2. The van der Waals surface area contributed by atoms with E-state index < -0.39 is 36.1 Å². The van der Waals surface area contributed by atoms with Crippen LogP contribution in [0.1, 0.15) is 52.0 Å². The Morgan fingerprint density at radius 3 is 2.60 bits per heavy atom. The minimum Gasteiger partial charge on any atom is -0.451 e. The number of amides is 4. The Hall–Kier alpha value is -2.90. The van der Waals surface area contributed by atoms with Crippen molar-refractivity contribution < 1.29 is 23.9 Å². The van der Waals surface area contributed by atoms with Crippen molar-refractivity contribution in [3.8, 4) is 0 Å². The second kappa shape index (κ2) is 8.85. The molecule has 1 aliphatic carbocycles. The number of benzene rings is 1. The van der Waals surface area contributed by atoms with Crippen molar-refractivity contribution >= 4 is 29.5 Å². The summed E-state index contributed by atoms with van der Waals surface area (Å²) in [6, 6.07) is 6.80. The van der Waals surface area contributed by atoms with Crippen LogP contribution in [0.5, 0.6) is 0 Å². The monoisotopic (exact) mass is 415 g/mol. The summed E-state index contributed by atoms with van der Waals surface area (Å²) in [5.74, 6) is -1.66. The number of rotatable bonds is 6. The molecule has 2 fully saturated rings. The van der Waals surface area contributed by atoms with E-state index in [0.29, 0.717) is 12.1 Å². The van der Waals surface area contributed by atoms with E-state index in [1.807, 2.05) is 26.0 Å². The zero-order valence-electron chi connectivity index (χ0n) is 17.7. The van der Waals surface area contributed by atoms with Crippen molar-refractivity contribution in [2.24, 2.45) is 5.92 Å². The predicted octanol–water partition coefficient (Wildman–Crippen LogP) is 2.62. The molecule has 3 rings (SSSR count). The Balaban J connectivity index is 1.56. The van der Waals surface area contributed by atoms with Crippen LogP contribution in [-0.2, 0) is 25.5 Å². The SMILES string of the molecule is CCc1ccc(NC(=O)[C@H](C)OC(=O)CN2C(=O)N[C@]3(CCCC[C@@H]3C)C2=O)cc1. The molecule has 0 unspecified atom stereocenters. The number of carbonyl (C=O) groups is 4. The topological polar surface area (TPSA) is 105 Å². The number of hydrogen-bond donors (Lipinski definition) is 2. The molecule has 1 aliphatic heterocycles. The Morgan fingerprint density at radius 1 is 1.27 bits per heavy atom. The lowest BCUT2D eigenvalue weighted by Gasteiger charge is -2.36. The fraction of sp³-hybridized carbons (Fsp3) is 0.545. The van der Waals surface area contributed by atoms with E-state index in [2.05, 4.69) is 10.6 Å². The van der Waals surface area contributed by atoms with Gasteiger partial charge < -0.3 is 15.4 Å². The zero-order valence-corrected chi connectivity index (χ0v) is 17.7. The third-order valence-electron chi connectivity index (χ3n) is 6.10. The van der Waals surface area contributed by atoms with Crippen molar-refractivity contribution in [1.82, 2.24) is 10.2 Å². The van der Waals surface area contributed by atoms with Crippen LogP contribution in [0.25, 0.3) is 0 Å². The van der Waals surface area contributed by atoms with Gasteiger partial charge in [0.1, 0.15) is 12.1 Å². The second-order valence-electron chi connectivity index (χ2n) is 8.11. The second-order valence-corrected chi connectivity index (χ2v) is 8.11. The maximum Gasteiger partial charge on any atom is 0.327 e. The van der Waals surface area contributed by atoms with Gasteiger partial charge in [0.05, 0.1) is 0 Å². The van der Waals surface area contributed by atoms with E-state index in [-0.39, 0.29) is 11.8 Å². The molecule has 2 N–H and O–H groups in total. The third-order valence-corrected chi connectivity index (χ3v) is 6.10. The third kappa shape index (κ3) is 4.32. The van der Waals surface area contributed by atoms with Gasteiger partial charge in [-0.3, -0.25) is 19.3 Å². The molecule has 2 aliphatic rings. The first-order valence-electron chi connectivity index (χ1n) is 10.5. The lowest BCUT2D eigenvalue weighted by molar-refractivity contribution is -0.155. The Kier molecular flexibility index (Phi) is 6.43. The molecular weight excluding hydrogens is 386 g/mol. The standard InChI is InChI=1S/C22H29N3O5/c1-4-16-8-10-17(11-9-16)23-19(27)15(3)30-18(26)13-25-20(28)22(24-21(25)29)12-6-5-7-14(22)2/h8-11,14-15H,4-7,12-13H2,1-3H3,(H,23,27)(H,24,29)/t14-,15-,22-/m0/s1. The van der Waals surface area contributed by atoms with Gasteiger partial charge in [0.15, 0.2) is 6.10 Å². The average Bonchev–Trinajstić information content (AvgIpc) is 2.95. The van der Waals surface area contributed by atoms with Crippen LogP contribution in [0.4, 0.5) is 10.5 Å². The molecule has 4 amide bonds. The molecule has 1 saturated carbocycles. The van der Waals surface area contributed by atoms with Crippen LogP contribution in [0.2, 0.25) is 0 Å². The van der Waals surface area contributed by atoms with Crippen molar-refractivity contribution in [3.05, 3.63) is 29.8 Å². The van der Waals surface area contributed by atoms with Gasteiger partial charge in [0.2, 0.25) is 0 Å². The lowest BCUT2D eigenvalue weighted by Crippen LogP contribution is -2.54. The predicted molar refractivity (Wildman–Crippen MR) is 111 cm³/mol. The number of ether oxygens (including phenoxy) is 1. The molecular formula is C22H29N3O5. The fourth-order valence-electron chi connectivity index (χ4n) is 4.12. The highest BCUT2D eigenvalue weighted by Gasteiger charge is 2.55. The first kappa shape index (κ1) is 21.8. The number of hydrogen-bond acceptors (Lipinski definition) is 5. The van der Waals surface area contributed by atoms with Gasteiger partial charge in [-0.2, -0.15) is 0 Å². The number of esters is 1. The van der Waals surface area contributed by atoms with Crippen LogP contribution in [0.15, 0.2) is 24.3 Å². The highest BCUT2D eigenvalue weighted by molar-refractivity contribution is 6.09. The summed E-state index contributed by atoms with van der Waals surface area (Å²) in [7, 11) is 0. The molecule has 1 saturated heterocycles. The van der Waals surface area contributed by atoms with E-state index in [1.54, 1.807) is 12.1 Å². The van der Waals surface area contributed by atoms with Gasteiger partial charge in [-0.05, 0) is 49.8 Å². The minimum atomic E-state index is -1.06. The smallest absolute Gasteiger partial charge is 0.327 e. The summed E-state index contributed by atoms with van der Waals surface area (Å²) in [5.41, 5.74) is 0.817. The van der Waals surface area contributed by atoms with E-state index in [4.69, 9.17) is 4.74 Å². The summed E-state index contributed by atoms with van der Waals surface area (Å²) in [6.45, 7) is 4.92. The van der Waals surface area contributed by atoms with Crippen LogP contribution >= 0.6 is 0 Å². The number of imide groups is 1. The van der Waals surface area contributed by atoms with Gasteiger partial charge >= 0.3 is 12.0 Å². The molecule has 1 aromatic carbocycles. The van der Waals surface area contributed by atoms with Crippen LogP contribution in [0, 0.1) is 5.92 Å².